The van der Waals surface area contributed by atoms with Crippen LogP contribution in [0, 0.1) is 11.3 Å². The predicted octanol–water partition coefficient (Wildman–Crippen LogP) is 4.99. The highest BCUT2D eigenvalue weighted by molar-refractivity contribution is 7.23. The first kappa shape index (κ1) is 30.5. The molecule has 0 radical (unpaired) electrons. The summed E-state index contributed by atoms with van der Waals surface area (Å²) in [5.41, 5.74) is 11.4. The van der Waals surface area contributed by atoms with Crippen LogP contribution < -0.4 is 15.4 Å². The molecule has 2 aromatic heterocycles. The number of nitrogen functional groups attached to an aromatic ring is 1. The monoisotopic (exact) mass is 669 g/mol. The van der Waals surface area contributed by atoms with Gasteiger partial charge >= 0.3 is 6.01 Å². The number of nitrogens with two attached hydrogens (primary N) is 1. The minimum Gasteiger partial charge on any atom is -0.461 e. The average Bonchev–Trinajstić information content (AvgIpc) is 3.89. The van der Waals surface area contributed by atoms with E-state index in [-0.39, 0.29) is 24.2 Å². The summed E-state index contributed by atoms with van der Waals surface area (Å²) in [6, 6.07) is 11.5. The van der Waals surface area contributed by atoms with Crippen molar-refractivity contribution in [3.63, 3.8) is 0 Å². The first-order chi connectivity index (χ1) is 23.5. The van der Waals surface area contributed by atoms with Crippen LogP contribution in [-0.4, -0.2) is 94.6 Å². The number of aliphatic hydroxyl groups excluding tert-OH is 1. The number of thiophene rings is 1. The summed E-state index contributed by atoms with van der Waals surface area (Å²) in [6.07, 6.45) is 4.53. The number of hydrogen-bond donors (Lipinski definition) is 2. The number of nitrogens with zero attached hydrogens (tertiary/aromatic N) is 6. The Morgan fingerprint density at radius 1 is 1.12 bits per heavy atom. The van der Waals surface area contributed by atoms with Gasteiger partial charge in [-0.25, -0.2) is 4.39 Å². The first-order valence-corrected chi connectivity index (χ1v) is 18.1. The normalized spacial score (nSPS) is 26.9. The lowest BCUT2D eigenvalue weighted by atomic mass is 9.91. The Kier molecular flexibility index (Phi) is 7.47. The van der Waals surface area contributed by atoms with Crippen molar-refractivity contribution >= 4 is 43.1 Å². The number of aliphatic hydroxyl groups is 1. The number of benzene rings is 2. The average molecular weight is 670 g/mol. The maximum atomic E-state index is 14.6. The highest BCUT2D eigenvalue weighted by atomic mass is 32.1. The van der Waals surface area contributed by atoms with Crippen molar-refractivity contribution in [3.8, 4) is 23.2 Å². The summed E-state index contributed by atoms with van der Waals surface area (Å²) in [5, 5.41) is 21.9. The summed E-state index contributed by atoms with van der Waals surface area (Å²) in [4.78, 5) is 17.5. The molecule has 48 heavy (non-hydrogen) atoms. The quantitative estimate of drug-likeness (QED) is 0.265. The third kappa shape index (κ3) is 4.77. The Bertz CT molecular complexity index is 1950. The summed E-state index contributed by atoms with van der Waals surface area (Å²) in [6.45, 7) is 5.57. The van der Waals surface area contributed by atoms with Gasteiger partial charge in [-0.15, -0.1) is 11.3 Å². The number of piperazine rings is 1. The molecule has 3 N–H and O–H groups in total. The smallest absolute Gasteiger partial charge is 0.319 e. The van der Waals surface area contributed by atoms with Crippen LogP contribution in [0.25, 0.3) is 32.1 Å². The second kappa shape index (κ2) is 11.8. The van der Waals surface area contributed by atoms with Crippen LogP contribution >= 0.6 is 11.3 Å². The SMILES string of the molecule is N#Cc1c(N)sc2cccc(-c3cc4nc(OC[C@@]56CCCN5C[C@H](F)C6)nc(N5C6CCC5CN(CCCO)C6)c4c4c3COC4)c12. The van der Waals surface area contributed by atoms with Gasteiger partial charge in [0.25, 0.3) is 0 Å². The Morgan fingerprint density at radius 3 is 2.77 bits per heavy atom. The van der Waals surface area contributed by atoms with Crippen LogP contribution in [-0.2, 0) is 18.0 Å². The lowest BCUT2D eigenvalue weighted by Crippen LogP contribution is -2.54. The van der Waals surface area contributed by atoms with Gasteiger partial charge < -0.3 is 25.2 Å². The molecule has 0 amide bonds. The molecule has 4 atom stereocenters. The molecule has 5 aliphatic heterocycles. The van der Waals surface area contributed by atoms with Gasteiger partial charge in [-0.05, 0) is 73.0 Å². The molecule has 2 aromatic carbocycles. The van der Waals surface area contributed by atoms with E-state index in [4.69, 9.17) is 25.2 Å². The summed E-state index contributed by atoms with van der Waals surface area (Å²) in [7, 11) is 0. The molecule has 0 spiro atoms. The van der Waals surface area contributed by atoms with Crippen molar-refractivity contribution in [1.29, 1.82) is 5.26 Å². The summed E-state index contributed by atoms with van der Waals surface area (Å²) < 4.78 is 28.3. The molecule has 5 aliphatic rings. The van der Waals surface area contributed by atoms with Crippen molar-refractivity contribution in [2.75, 3.05) is 56.6 Å². The van der Waals surface area contributed by atoms with E-state index in [1.165, 1.54) is 11.3 Å². The Labute approximate surface area is 282 Å². The Balaban J connectivity index is 1.20. The molecule has 9 rings (SSSR count). The standard InChI is InChI=1S/C36H40FN7O3S/c37-21-13-36(8-2-10-43(36)15-21)20-47-35-40-29-12-25(24-4-1-5-30-31(24)26(14-38)33(39)48-30)27-18-46-19-28(27)32(29)34(41-35)44-22-6-7-23(44)17-42(16-22)9-3-11-45/h1,4-5,12,21-23,45H,2-3,6-11,13,15-20,39H2/t21-,22?,23?,36+/m1/s1. The molecule has 4 saturated heterocycles. The third-order valence-corrected chi connectivity index (χ3v) is 12.5. The fourth-order valence-electron chi connectivity index (χ4n) is 9.41. The number of halogens is 1. The third-order valence-electron chi connectivity index (χ3n) is 11.5. The van der Waals surface area contributed by atoms with Crippen LogP contribution in [0.2, 0.25) is 0 Å². The van der Waals surface area contributed by atoms with E-state index < -0.39 is 6.17 Å². The van der Waals surface area contributed by atoms with E-state index in [9.17, 15) is 14.8 Å². The largest absolute Gasteiger partial charge is 0.461 e. The first-order valence-electron chi connectivity index (χ1n) is 17.3. The van der Waals surface area contributed by atoms with Crippen LogP contribution in [0.5, 0.6) is 6.01 Å². The zero-order valence-corrected chi connectivity index (χ0v) is 27.8. The van der Waals surface area contributed by atoms with Crippen LogP contribution in [0.15, 0.2) is 24.3 Å². The van der Waals surface area contributed by atoms with E-state index in [2.05, 4.69) is 32.9 Å². The van der Waals surface area contributed by atoms with Gasteiger partial charge in [-0.2, -0.15) is 15.2 Å². The second-order valence-corrected chi connectivity index (χ2v) is 15.3. The zero-order chi connectivity index (χ0) is 32.6. The minimum absolute atomic E-state index is 0.199. The fourth-order valence-corrected chi connectivity index (χ4v) is 10.4. The van der Waals surface area contributed by atoms with Crippen molar-refractivity contribution < 1.29 is 19.0 Å². The molecular formula is C36H40FN7O3S. The number of anilines is 2. The number of alkyl halides is 1. The molecule has 10 nitrogen and oxygen atoms in total. The number of fused-ring (bicyclic) bond motifs is 7. The maximum Gasteiger partial charge on any atom is 0.319 e. The van der Waals surface area contributed by atoms with Gasteiger partial charge in [0.15, 0.2) is 0 Å². The second-order valence-electron chi connectivity index (χ2n) is 14.2. The molecule has 4 aromatic rings. The van der Waals surface area contributed by atoms with Crippen LogP contribution in [0.1, 0.15) is 55.2 Å². The van der Waals surface area contributed by atoms with E-state index in [0.717, 1.165) is 107 Å². The number of ether oxygens (including phenoxy) is 2. The molecule has 0 saturated carbocycles. The molecule has 250 valence electrons. The number of likely N-dealkylation sites (tertiary alicyclic amines) is 1. The minimum atomic E-state index is -0.836. The number of nitriles is 1. The summed E-state index contributed by atoms with van der Waals surface area (Å²) in [5.74, 6) is 0.892. The molecule has 0 aliphatic carbocycles. The van der Waals surface area contributed by atoms with Crippen molar-refractivity contribution in [2.45, 2.75) is 75.5 Å². The molecular weight excluding hydrogens is 630 g/mol. The molecule has 12 heteroatoms. The van der Waals surface area contributed by atoms with Crippen molar-refractivity contribution in [2.24, 2.45) is 0 Å². The van der Waals surface area contributed by atoms with Crippen LogP contribution in [0.3, 0.4) is 0 Å². The van der Waals surface area contributed by atoms with E-state index >= 15 is 0 Å². The van der Waals surface area contributed by atoms with Crippen molar-refractivity contribution in [3.05, 3.63) is 41.0 Å². The van der Waals surface area contributed by atoms with E-state index in [0.29, 0.717) is 49.4 Å². The van der Waals surface area contributed by atoms with Gasteiger partial charge in [-0.3, -0.25) is 9.80 Å². The molecule has 2 bridgehead atoms. The zero-order valence-electron chi connectivity index (χ0n) is 27.0. The van der Waals surface area contributed by atoms with E-state index in [1.807, 2.05) is 12.1 Å². The Morgan fingerprint density at radius 2 is 1.96 bits per heavy atom. The fraction of sp³-hybridized carbons (Fsp3) is 0.528. The number of hydrogen-bond acceptors (Lipinski definition) is 11. The number of aromatic nitrogens is 2. The van der Waals surface area contributed by atoms with Gasteiger partial charge in [-0.1, -0.05) is 12.1 Å². The topological polar surface area (TPSA) is 124 Å². The van der Waals surface area contributed by atoms with Gasteiger partial charge in [0.2, 0.25) is 0 Å². The van der Waals surface area contributed by atoms with Crippen molar-refractivity contribution in [1.82, 2.24) is 19.8 Å². The highest BCUT2D eigenvalue weighted by Crippen LogP contribution is 2.47. The van der Waals surface area contributed by atoms with Gasteiger partial charge in [0.1, 0.15) is 29.7 Å². The highest BCUT2D eigenvalue weighted by Gasteiger charge is 2.49. The molecule has 4 fully saturated rings. The van der Waals surface area contributed by atoms with Gasteiger partial charge in [0.05, 0.1) is 29.8 Å². The lowest BCUT2D eigenvalue weighted by Gasteiger charge is -2.42. The maximum absolute atomic E-state index is 14.6. The van der Waals surface area contributed by atoms with Gasteiger partial charge in [0, 0.05) is 66.8 Å². The lowest BCUT2D eigenvalue weighted by molar-refractivity contribution is 0.107. The summed E-state index contributed by atoms with van der Waals surface area (Å²) >= 11 is 1.43. The van der Waals surface area contributed by atoms with Crippen LogP contribution in [0.4, 0.5) is 15.2 Å². The Hall–Kier alpha value is -3.60. The molecule has 7 heterocycles. The predicted molar refractivity (Wildman–Crippen MR) is 184 cm³/mol. The van der Waals surface area contributed by atoms with E-state index in [1.54, 1.807) is 0 Å². The number of rotatable bonds is 8. The molecule has 2 unspecified atom stereocenters.